The standard InChI is InChI=1S/C26H33N3/c1-19-8-17-25(29(6)7)24(18-19)26(20-9-13-22(14-10-20)27(2)3)21-11-15-23(16-12-21)28(4)5/h8-18,26H,1-7H3. The lowest BCUT2D eigenvalue weighted by Crippen LogP contribution is -2.15. The smallest absolute Gasteiger partial charge is 0.0403 e. The summed E-state index contributed by atoms with van der Waals surface area (Å²) >= 11 is 0. The highest BCUT2D eigenvalue weighted by Gasteiger charge is 2.21. The van der Waals surface area contributed by atoms with Crippen molar-refractivity contribution in [2.45, 2.75) is 12.8 Å². The van der Waals surface area contributed by atoms with E-state index in [9.17, 15) is 0 Å². The first kappa shape index (κ1) is 20.8. The summed E-state index contributed by atoms with van der Waals surface area (Å²) in [6.07, 6.45) is 0. The summed E-state index contributed by atoms with van der Waals surface area (Å²) in [6.45, 7) is 2.17. The summed E-state index contributed by atoms with van der Waals surface area (Å²) < 4.78 is 0. The molecule has 0 fully saturated rings. The first-order valence-electron chi connectivity index (χ1n) is 10.1. The molecule has 29 heavy (non-hydrogen) atoms. The second-order valence-corrected chi connectivity index (χ2v) is 8.36. The molecule has 0 amide bonds. The van der Waals surface area contributed by atoms with Crippen LogP contribution in [0.15, 0.2) is 66.7 Å². The lowest BCUT2D eigenvalue weighted by molar-refractivity contribution is 0.952. The average Bonchev–Trinajstić information content (AvgIpc) is 2.69. The molecule has 0 heterocycles. The molecular formula is C26H33N3. The van der Waals surface area contributed by atoms with Crippen molar-refractivity contribution in [1.29, 1.82) is 0 Å². The zero-order valence-electron chi connectivity index (χ0n) is 18.8. The Bertz CT molecular complexity index is 887. The maximum absolute atomic E-state index is 2.33. The fourth-order valence-corrected chi connectivity index (χ4v) is 3.79. The van der Waals surface area contributed by atoms with Gasteiger partial charge in [0.05, 0.1) is 0 Å². The molecule has 3 rings (SSSR count). The summed E-state index contributed by atoms with van der Waals surface area (Å²) in [7, 11) is 12.6. The first-order valence-corrected chi connectivity index (χ1v) is 10.1. The summed E-state index contributed by atoms with van der Waals surface area (Å²) in [4.78, 5) is 6.50. The summed E-state index contributed by atoms with van der Waals surface area (Å²) in [6, 6.07) is 24.7. The molecule has 0 aliphatic rings. The molecule has 3 aromatic rings. The van der Waals surface area contributed by atoms with Gasteiger partial charge >= 0.3 is 0 Å². The van der Waals surface area contributed by atoms with Gasteiger partial charge in [-0.25, -0.2) is 0 Å². The number of hydrogen-bond acceptors (Lipinski definition) is 3. The Labute approximate surface area is 176 Å². The lowest BCUT2D eigenvalue weighted by atomic mass is 9.83. The molecule has 0 bridgehead atoms. The monoisotopic (exact) mass is 387 g/mol. The average molecular weight is 388 g/mol. The number of nitrogens with zero attached hydrogens (tertiary/aromatic N) is 3. The summed E-state index contributed by atoms with van der Waals surface area (Å²) in [5, 5.41) is 0. The van der Waals surface area contributed by atoms with Crippen molar-refractivity contribution in [3.63, 3.8) is 0 Å². The lowest BCUT2D eigenvalue weighted by Gasteiger charge is -2.26. The van der Waals surface area contributed by atoms with E-state index in [1.807, 2.05) is 0 Å². The molecule has 0 saturated heterocycles. The van der Waals surface area contributed by atoms with E-state index in [2.05, 4.69) is 131 Å². The first-order chi connectivity index (χ1) is 13.8. The Morgan fingerprint density at radius 3 is 1.38 bits per heavy atom. The molecule has 0 aliphatic carbocycles. The molecule has 3 heteroatoms. The van der Waals surface area contributed by atoms with Crippen LogP contribution in [-0.4, -0.2) is 42.3 Å². The van der Waals surface area contributed by atoms with Gasteiger partial charge in [-0.2, -0.15) is 0 Å². The van der Waals surface area contributed by atoms with Crippen LogP contribution < -0.4 is 14.7 Å². The van der Waals surface area contributed by atoms with E-state index in [1.165, 1.54) is 39.3 Å². The van der Waals surface area contributed by atoms with Gasteiger partial charge in [-0.15, -0.1) is 0 Å². The zero-order valence-corrected chi connectivity index (χ0v) is 18.8. The van der Waals surface area contributed by atoms with Gasteiger partial charge < -0.3 is 14.7 Å². The topological polar surface area (TPSA) is 9.72 Å². The van der Waals surface area contributed by atoms with E-state index < -0.39 is 0 Å². The fraction of sp³-hybridized carbons (Fsp3) is 0.308. The molecule has 3 aromatic carbocycles. The van der Waals surface area contributed by atoms with E-state index in [0.29, 0.717) is 0 Å². The second kappa shape index (κ2) is 8.60. The van der Waals surface area contributed by atoms with Crippen LogP contribution in [0, 0.1) is 6.92 Å². The van der Waals surface area contributed by atoms with Gasteiger partial charge in [0.15, 0.2) is 0 Å². The van der Waals surface area contributed by atoms with E-state index in [-0.39, 0.29) is 5.92 Å². The van der Waals surface area contributed by atoms with Crippen LogP contribution in [0.25, 0.3) is 0 Å². The number of rotatable bonds is 6. The Hall–Kier alpha value is -2.94. The number of aryl methyl sites for hydroxylation is 1. The van der Waals surface area contributed by atoms with Crippen LogP contribution in [0.4, 0.5) is 17.1 Å². The molecule has 0 radical (unpaired) electrons. The summed E-state index contributed by atoms with van der Waals surface area (Å²) in [5.41, 5.74) is 8.92. The largest absolute Gasteiger partial charge is 0.378 e. The Kier molecular flexibility index (Phi) is 6.17. The molecule has 0 saturated carbocycles. The quantitative estimate of drug-likeness (QED) is 0.526. The Balaban J connectivity index is 2.18. The molecule has 3 nitrogen and oxygen atoms in total. The molecule has 0 unspecified atom stereocenters. The van der Waals surface area contributed by atoms with Crippen LogP contribution in [0.2, 0.25) is 0 Å². The van der Waals surface area contributed by atoms with Crippen molar-refractivity contribution in [2.75, 3.05) is 57.0 Å². The van der Waals surface area contributed by atoms with Crippen LogP contribution in [-0.2, 0) is 0 Å². The van der Waals surface area contributed by atoms with Gasteiger partial charge in [-0.05, 0) is 53.9 Å². The van der Waals surface area contributed by atoms with Gasteiger partial charge in [0.2, 0.25) is 0 Å². The van der Waals surface area contributed by atoms with Crippen LogP contribution in [0.3, 0.4) is 0 Å². The fourth-order valence-electron chi connectivity index (χ4n) is 3.79. The van der Waals surface area contributed by atoms with Gasteiger partial charge in [0, 0.05) is 65.3 Å². The third-order valence-electron chi connectivity index (χ3n) is 5.46. The summed E-state index contributed by atoms with van der Waals surface area (Å²) in [5.74, 6) is 0.180. The SMILES string of the molecule is Cc1ccc(N(C)C)c(C(c2ccc(N(C)C)cc2)c2ccc(N(C)C)cc2)c1. The van der Waals surface area contributed by atoms with Crippen molar-refractivity contribution in [3.05, 3.63) is 89.0 Å². The van der Waals surface area contributed by atoms with E-state index in [1.54, 1.807) is 0 Å². The highest BCUT2D eigenvalue weighted by molar-refractivity contribution is 5.62. The van der Waals surface area contributed by atoms with Gasteiger partial charge in [0.1, 0.15) is 0 Å². The molecule has 0 atom stereocenters. The third-order valence-corrected chi connectivity index (χ3v) is 5.46. The van der Waals surface area contributed by atoms with Crippen LogP contribution >= 0.6 is 0 Å². The zero-order chi connectivity index (χ0) is 21.1. The van der Waals surface area contributed by atoms with Gasteiger partial charge in [-0.1, -0.05) is 42.0 Å². The molecule has 152 valence electrons. The van der Waals surface area contributed by atoms with E-state index in [4.69, 9.17) is 0 Å². The van der Waals surface area contributed by atoms with Crippen molar-refractivity contribution >= 4 is 17.1 Å². The minimum atomic E-state index is 0.180. The predicted octanol–water partition coefficient (Wildman–Crippen LogP) is 5.37. The van der Waals surface area contributed by atoms with Crippen LogP contribution in [0.1, 0.15) is 28.2 Å². The van der Waals surface area contributed by atoms with Crippen LogP contribution in [0.5, 0.6) is 0 Å². The molecule has 0 spiro atoms. The minimum Gasteiger partial charge on any atom is -0.378 e. The Morgan fingerprint density at radius 1 is 0.552 bits per heavy atom. The highest BCUT2D eigenvalue weighted by atomic mass is 15.1. The molecular weight excluding hydrogens is 354 g/mol. The van der Waals surface area contributed by atoms with Crippen molar-refractivity contribution in [3.8, 4) is 0 Å². The molecule has 0 aliphatic heterocycles. The molecule has 0 N–H and O–H groups in total. The van der Waals surface area contributed by atoms with Crippen molar-refractivity contribution in [1.82, 2.24) is 0 Å². The van der Waals surface area contributed by atoms with Crippen molar-refractivity contribution in [2.24, 2.45) is 0 Å². The molecule has 0 aromatic heterocycles. The Morgan fingerprint density at radius 2 is 1.00 bits per heavy atom. The number of anilines is 3. The van der Waals surface area contributed by atoms with E-state index in [0.717, 1.165) is 0 Å². The third kappa shape index (κ3) is 4.56. The highest BCUT2D eigenvalue weighted by Crippen LogP contribution is 2.38. The predicted molar refractivity (Wildman–Crippen MR) is 128 cm³/mol. The van der Waals surface area contributed by atoms with Gasteiger partial charge in [-0.3, -0.25) is 0 Å². The van der Waals surface area contributed by atoms with E-state index >= 15 is 0 Å². The minimum absolute atomic E-state index is 0.180. The number of hydrogen-bond donors (Lipinski definition) is 0. The maximum atomic E-state index is 2.33. The normalized spacial score (nSPS) is 10.9. The van der Waals surface area contributed by atoms with Gasteiger partial charge in [0.25, 0.3) is 0 Å². The number of benzene rings is 3. The van der Waals surface area contributed by atoms with Crippen molar-refractivity contribution < 1.29 is 0 Å². The maximum Gasteiger partial charge on any atom is 0.0403 e. The second-order valence-electron chi connectivity index (χ2n) is 8.36.